The van der Waals surface area contributed by atoms with Gasteiger partial charge in [-0.1, -0.05) is 17.7 Å². The molecule has 0 amide bonds. The van der Waals surface area contributed by atoms with Crippen LogP contribution in [-0.2, 0) is 5.41 Å². The maximum Gasteiger partial charge on any atom is 0.137 e. The molecule has 1 saturated carbocycles. The summed E-state index contributed by atoms with van der Waals surface area (Å²) < 4.78 is 5.18. The van der Waals surface area contributed by atoms with Crippen molar-refractivity contribution in [3.05, 3.63) is 28.8 Å². The summed E-state index contributed by atoms with van der Waals surface area (Å²) in [5, 5.41) is 0.657. The molecular formula is C11H14ClNO. The fourth-order valence-corrected chi connectivity index (χ4v) is 1.95. The number of nitrogens with two attached hydrogens (primary N) is 1. The molecule has 0 atom stereocenters. The van der Waals surface area contributed by atoms with Gasteiger partial charge in [0.05, 0.1) is 12.1 Å². The van der Waals surface area contributed by atoms with Crippen LogP contribution in [0.5, 0.6) is 5.75 Å². The van der Waals surface area contributed by atoms with E-state index in [0.717, 1.165) is 5.75 Å². The summed E-state index contributed by atoms with van der Waals surface area (Å²) in [5.74, 6) is 0.740. The Bertz CT molecular complexity index is 347. The number of rotatable bonds is 3. The molecule has 1 fully saturated rings. The first-order chi connectivity index (χ1) is 6.72. The third-order valence-electron chi connectivity index (χ3n) is 3.01. The van der Waals surface area contributed by atoms with Crippen LogP contribution in [0.2, 0.25) is 5.02 Å². The summed E-state index contributed by atoms with van der Waals surface area (Å²) in [6, 6.07) is 5.93. The molecule has 0 spiro atoms. The molecule has 0 bridgehead atoms. The maximum atomic E-state index is 5.95. The van der Waals surface area contributed by atoms with E-state index in [-0.39, 0.29) is 5.41 Å². The van der Waals surface area contributed by atoms with E-state index >= 15 is 0 Å². The summed E-state index contributed by atoms with van der Waals surface area (Å²) in [6.07, 6.45) is 2.35. The molecule has 1 aliphatic rings. The number of halogens is 1. The highest BCUT2D eigenvalue weighted by Crippen LogP contribution is 2.48. The Morgan fingerprint density at radius 2 is 2.21 bits per heavy atom. The van der Waals surface area contributed by atoms with Crippen molar-refractivity contribution < 1.29 is 4.74 Å². The smallest absolute Gasteiger partial charge is 0.137 e. The van der Waals surface area contributed by atoms with Gasteiger partial charge in [-0.2, -0.15) is 0 Å². The number of benzene rings is 1. The molecule has 0 unspecified atom stereocenters. The van der Waals surface area contributed by atoms with Gasteiger partial charge in [-0.15, -0.1) is 0 Å². The van der Waals surface area contributed by atoms with Gasteiger partial charge < -0.3 is 10.5 Å². The minimum absolute atomic E-state index is 0.206. The summed E-state index contributed by atoms with van der Waals surface area (Å²) in [4.78, 5) is 0. The van der Waals surface area contributed by atoms with Crippen LogP contribution in [0.25, 0.3) is 0 Å². The zero-order valence-corrected chi connectivity index (χ0v) is 8.97. The molecule has 2 nitrogen and oxygen atoms in total. The van der Waals surface area contributed by atoms with Crippen molar-refractivity contribution in [2.45, 2.75) is 18.3 Å². The number of hydrogen-bond acceptors (Lipinski definition) is 2. The van der Waals surface area contributed by atoms with Crippen LogP contribution in [0, 0.1) is 0 Å². The Balaban J connectivity index is 2.36. The van der Waals surface area contributed by atoms with Gasteiger partial charge in [-0.25, -0.2) is 0 Å². The first-order valence-corrected chi connectivity index (χ1v) is 5.14. The Hall–Kier alpha value is -0.730. The lowest BCUT2D eigenvalue weighted by molar-refractivity contribution is 0.414. The lowest BCUT2D eigenvalue weighted by Crippen LogP contribution is -2.19. The third-order valence-corrected chi connectivity index (χ3v) is 3.32. The van der Waals surface area contributed by atoms with E-state index in [1.165, 1.54) is 18.4 Å². The average molecular weight is 212 g/mol. The standard InChI is InChI=1S/C11H14ClNO/c1-14-10-6-8(2-3-9(10)12)11(7-13)4-5-11/h2-3,6H,4-5,7,13H2,1H3. The van der Waals surface area contributed by atoms with E-state index in [9.17, 15) is 0 Å². The Labute approximate surface area is 89.0 Å². The van der Waals surface area contributed by atoms with Crippen molar-refractivity contribution in [1.29, 1.82) is 0 Å². The number of ether oxygens (including phenoxy) is 1. The van der Waals surface area contributed by atoms with Gasteiger partial charge in [0.15, 0.2) is 0 Å². The molecule has 3 heteroatoms. The molecule has 0 aromatic heterocycles. The zero-order valence-electron chi connectivity index (χ0n) is 8.22. The highest BCUT2D eigenvalue weighted by atomic mass is 35.5. The fraction of sp³-hybridized carbons (Fsp3) is 0.455. The number of hydrogen-bond donors (Lipinski definition) is 1. The van der Waals surface area contributed by atoms with Gasteiger partial charge in [0.2, 0.25) is 0 Å². The molecule has 1 aromatic carbocycles. The van der Waals surface area contributed by atoms with Crippen LogP contribution >= 0.6 is 11.6 Å². The predicted molar refractivity (Wildman–Crippen MR) is 58.0 cm³/mol. The van der Waals surface area contributed by atoms with Gasteiger partial charge in [0.1, 0.15) is 5.75 Å². The van der Waals surface area contributed by atoms with Gasteiger partial charge in [0.25, 0.3) is 0 Å². The quantitative estimate of drug-likeness (QED) is 0.833. The second-order valence-corrected chi connectivity index (χ2v) is 4.24. The molecule has 0 heterocycles. The maximum absolute atomic E-state index is 5.95. The molecule has 0 aliphatic heterocycles. The lowest BCUT2D eigenvalue weighted by Gasteiger charge is -2.14. The highest BCUT2D eigenvalue weighted by molar-refractivity contribution is 6.32. The van der Waals surface area contributed by atoms with E-state index in [0.29, 0.717) is 11.6 Å². The SMILES string of the molecule is COc1cc(C2(CN)CC2)ccc1Cl. The molecule has 2 rings (SSSR count). The van der Waals surface area contributed by atoms with Crippen LogP contribution in [0.4, 0.5) is 0 Å². The Morgan fingerprint density at radius 1 is 1.50 bits per heavy atom. The van der Waals surface area contributed by atoms with Crippen molar-refractivity contribution in [3.8, 4) is 5.75 Å². The van der Waals surface area contributed by atoms with Crippen molar-refractivity contribution in [2.75, 3.05) is 13.7 Å². The summed E-state index contributed by atoms with van der Waals surface area (Å²) >= 11 is 5.95. The van der Waals surface area contributed by atoms with Crippen LogP contribution in [0.1, 0.15) is 18.4 Å². The third kappa shape index (κ3) is 1.49. The molecule has 1 aliphatic carbocycles. The van der Waals surface area contributed by atoms with Crippen LogP contribution < -0.4 is 10.5 Å². The van der Waals surface area contributed by atoms with Gasteiger partial charge in [-0.05, 0) is 30.5 Å². The van der Waals surface area contributed by atoms with Crippen molar-refractivity contribution in [1.82, 2.24) is 0 Å². The first kappa shape index (κ1) is 9.81. The second-order valence-electron chi connectivity index (χ2n) is 3.83. The summed E-state index contributed by atoms with van der Waals surface area (Å²) in [7, 11) is 1.63. The highest BCUT2D eigenvalue weighted by Gasteiger charge is 2.43. The van der Waals surface area contributed by atoms with Crippen LogP contribution in [0.15, 0.2) is 18.2 Å². The van der Waals surface area contributed by atoms with E-state index in [1.54, 1.807) is 7.11 Å². The van der Waals surface area contributed by atoms with E-state index < -0.39 is 0 Å². The van der Waals surface area contributed by atoms with Crippen LogP contribution in [-0.4, -0.2) is 13.7 Å². The Kier molecular flexibility index (Phi) is 2.41. The molecule has 0 saturated heterocycles. The molecule has 2 N–H and O–H groups in total. The minimum Gasteiger partial charge on any atom is -0.495 e. The normalized spacial score (nSPS) is 17.9. The fourth-order valence-electron chi connectivity index (χ4n) is 1.75. The molecular weight excluding hydrogens is 198 g/mol. The van der Waals surface area contributed by atoms with E-state index in [4.69, 9.17) is 22.1 Å². The summed E-state index contributed by atoms with van der Waals surface area (Å²) in [5.41, 5.74) is 7.21. The number of methoxy groups -OCH3 is 1. The Morgan fingerprint density at radius 3 is 2.71 bits per heavy atom. The lowest BCUT2D eigenvalue weighted by atomic mass is 9.96. The van der Waals surface area contributed by atoms with Crippen molar-refractivity contribution in [2.24, 2.45) is 5.73 Å². The summed E-state index contributed by atoms with van der Waals surface area (Å²) in [6.45, 7) is 0.706. The topological polar surface area (TPSA) is 35.2 Å². The van der Waals surface area contributed by atoms with Crippen molar-refractivity contribution in [3.63, 3.8) is 0 Å². The minimum atomic E-state index is 0.206. The molecule has 76 valence electrons. The van der Waals surface area contributed by atoms with Gasteiger partial charge in [-0.3, -0.25) is 0 Å². The average Bonchev–Trinajstić information content (AvgIpc) is 2.99. The van der Waals surface area contributed by atoms with Crippen molar-refractivity contribution >= 4 is 11.6 Å². The molecule has 14 heavy (non-hydrogen) atoms. The van der Waals surface area contributed by atoms with Gasteiger partial charge in [0, 0.05) is 12.0 Å². The second kappa shape index (κ2) is 3.44. The molecule has 0 radical (unpaired) electrons. The largest absolute Gasteiger partial charge is 0.495 e. The van der Waals surface area contributed by atoms with E-state index in [2.05, 4.69) is 0 Å². The first-order valence-electron chi connectivity index (χ1n) is 4.76. The monoisotopic (exact) mass is 211 g/mol. The van der Waals surface area contributed by atoms with Crippen LogP contribution in [0.3, 0.4) is 0 Å². The van der Waals surface area contributed by atoms with Gasteiger partial charge >= 0.3 is 0 Å². The van der Waals surface area contributed by atoms with E-state index in [1.807, 2.05) is 18.2 Å². The molecule has 1 aromatic rings. The predicted octanol–water partition coefficient (Wildman–Crippen LogP) is 2.34. The zero-order chi connectivity index (χ0) is 10.2.